The maximum atomic E-state index is 16.5. The minimum Gasteiger partial charge on any atom is -0.448 e. The van der Waals surface area contributed by atoms with E-state index in [4.69, 9.17) is 38.8 Å². The van der Waals surface area contributed by atoms with Crippen molar-refractivity contribution in [3.63, 3.8) is 0 Å². The first-order chi connectivity index (χ1) is 61.5. The topological polar surface area (TPSA) is 427 Å². The van der Waals surface area contributed by atoms with Gasteiger partial charge in [0, 0.05) is 37.1 Å². The number of fused-ring (bicyclic) bond motifs is 6. The number of ether oxygens (including phenoxy) is 2. The van der Waals surface area contributed by atoms with Crippen LogP contribution in [0.15, 0.2) is 158 Å². The fraction of sp³-hybridized carbons (Fsp3) is 0.469. The Kier molecular flexibility index (Phi) is 34.2. The highest BCUT2D eigenvalue weighted by molar-refractivity contribution is 8.22. The first-order valence-corrected chi connectivity index (χ1v) is 50.6. The van der Waals surface area contributed by atoms with Gasteiger partial charge in [0.1, 0.15) is 84.7 Å². The Balaban J connectivity index is 1.03. The summed E-state index contributed by atoms with van der Waals surface area (Å²) in [4.78, 5) is 222. The minimum absolute atomic E-state index is 0.0962. The highest BCUT2D eigenvalue weighted by Crippen LogP contribution is 2.64. The number of carbonyl (C=O) groups excluding carboxylic acids is 15. The Hall–Kier alpha value is -11.3. The Labute approximate surface area is 770 Å². The molecule has 15 amide bonds. The van der Waals surface area contributed by atoms with Crippen molar-refractivity contribution in [1.82, 2.24) is 63.0 Å². The molecular weight excluding hydrogens is 1730 g/mol. The van der Waals surface area contributed by atoms with Crippen molar-refractivity contribution in [2.75, 3.05) is 25.5 Å². The number of imide groups is 2. The summed E-state index contributed by atoms with van der Waals surface area (Å²) >= 11 is 14.0. The fourth-order valence-electron chi connectivity index (χ4n) is 17.4. The lowest BCUT2D eigenvalue weighted by Gasteiger charge is -2.44. The number of nitrogens with zero attached hydrogens (tertiary/aromatic N) is 2. The molecular formula is C96H123N13O17P2S2. The summed E-state index contributed by atoms with van der Waals surface area (Å²) in [5, 5.41) is 27.2. The third-order valence-corrected chi connectivity index (χ3v) is 36.4. The summed E-state index contributed by atoms with van der Waals surface area (Å²) in [5.74, 6) is -14.0. The van der Waals surface area contributed by atoms with Crippen molar-refractivity contribution >= 4 is 135 Å². The van der Waals surface area contributed by atoms with Crippen LogP contribution in [0.3, 0.4) is 0 Å². The van der Waals surface area contributed by atoms with Crippen LogP contribution in [0.2, 0.25) is 0 Å². The van der Waals surface area contributed by atoms with Crippen molar-refractivity contribution in [2.45, 2.75) is 256 Å². The molecule has 0 bridgehead atoms. The zero-order valence-corrected chi connectivity index (χ0v) is 79.6. The van der Waals surface area contributed by atoms with E-state index in [1.165, 1.54) is 83.1 Å². The van der Waals surface area contributed by atoms with Crippen molar-refractivity contribution in [1.29, 1.82) is 0 Å². The molecule has 4 aliphatic rings. The normalized spacial score (nSPS) is 16.4. The van der Waals surface area contributed by atoms with Gasteiger partial charge in [-0.25, -0.2) is 19.4 Å². The van der Waals surface area contributed by atoms with Crippen molar-refractivity contribution < 1.29 is 81.4 Å². The lowest BCUT2D eigenvalue weighted by Crippen LogP contribution is -2.65. The highest BCUT2D eigenvalue weighted by Gasteiger charge is 2.50. The van der Waals surface area contributed by atoms with Crippen LogP contribution in [0.5, 0.6) is 0 Å². The van der Waals surface area contributed by atoms with Gasteiger partial charge in [0.2, 0.25) is 65.0 Å². The van der Waals surface area contributed by atoms with Crippen LogP contribution in [0.1, 0.15) is 195 Å². The molecule has 696 valence electrons. The molecule has 2 saturated carbocycles. The molecule has 2 fully saturated rings. The summed E-state index contributed by atoms with van der Waals surface area (Å²) in [7, 11) is 0. The van der Waals surface area contributed by atoms with Gasteiger partial charge in [0.15, 0.2) is 0 Å². The Morgan fingerprint density at radius 3 is 1.06 bits per heavy atom. The first kappa shape index (κ1) is 101. The van der Waals surface area contributed by atoms with Gasteiger partial charge in [-0.3, -0.25) is 62.3 Å². The van der Waals surface area contributed by atoms with Crippen LogP contribution in [0.4, 0.5) is 9.59 Å². The van der Waals surface area contributed by atoms with Crippen LogP contribution in [-0.2, 0) is 95.4 Å². The van der Waals surface area contributed by atoms with E-state index in [0.717, 1.165) is 83.0 Å². The molecule has 10 atom stereocenters. The number of carbonyl (C=O) groups is 15. The standard InChI is InChI=1S/C96H123N13O17P2S2/c1-55(2)80(105-92(122)96(13,14)107-86(116)60(7)99-82(112)57(4)98-63(10)110)90(120)109(94(124)126-52-77-74-49-33-29-45-70(74)71-46-30-34-50-75(71)77)79(54-128(130,66-39-23-17-24-40-66)67-41-25-18-26-42-67)88(118)102-59(6)84(114)103-62(9)89(119)108(93(123)125-51-76-72-47-31-27-43-68(72)69-44-28-32-48-73(69)76)78(53-127(129,64-35-19-15-20-36-64)65-37-21-16-22-38-65)87(117)101-58(5)83(113)100-61(8)85(115)106-95(11,12)91(121)104-56(3)81(97)111/h17-18,23-34,39-50,55-62,64-65,76-80H,15-16,19-22,35-38,51-54H2,1-14H3,(H2,97,111)(H,98,110)(H,99,112)(H,100,113)(H,101,117)(H,102,118)(H,103,114)(H,104,121)(H,105,122)(H,106,115)(H,107,116)/t56-,57-,58-,59-,60-,61-,62-,78-,79+,80-/m0/s1. The summed E-state index contributed by atoms with van der Waals surface area (Å²) in [5.41, 5.74) is 8.37. The number of nitrogens with two attached hydrogens (primary N) is 1. The van der Waals surface area contributed by atoms with Gasteiger partial charge in [-0.1, -0.05) is 234 Å². The molecule has 34 heteroatoms. The Bertz CT molecular complexity index is 5180. The zero-order valence-electron chi connectivity index (χ0n) is 76.2. The second-order valence-electron chi connectivity index (χ2n) is 35.9. The van der Waals surface area contributed by atoms with E-state index in [1.807, 2.05) is 97.1 Å². The van der Waals surface area contributed by atoms with E-state index in [9.17, 15) is 38.4 Å². The second-order valence-corrected chi connectivity index (χ2v) is 46.2. The van der Waals surface area contributed by atoms with Crippen LogP contribution < -0.4 is 69.5 Å². The Morgan fingerprint density at radius 2 is 0.700 bits per heavy atom. The van der Waals surface area contributed by atoms with Crippen LogP contribution in [0.25, 0.3) is 22.3 Å². The van der Waals surface area contributed by atoms with Gasteiger partial charge in [-0.05, 0) is 180 Å². The average Bonchev–Trinajstić information content (AvgIpc) is 1.55. The van der Waals surface area contributed by atoms with E-state index in [-0.39, 0.29) is 24.1 Å². The zero-order chi connectivity index (χ0) is 95.0. The quantitative estimate of drug-likeness (QED) is 0.0163. The van der Waals surface area contributed by atoms with Crippen LogP contribution >= 0.6 is 12.1 Å². The van der Waals surface area contributed by atoms with Gasteiger partial charge >= 0.3 is 12.2 Å². The number of hydrogen-bond donors (Lipinski definition) is 11. The maximum absolute atomic E-state index is 16.5. The molecule has 12 N–H and O–H groups in total. The SMILES string of the molecule is CC(=O)N[C@@H](C)C(=O)N[C@@H](C)C(=O)NC(C)(C)C(=O)N[C@H](C(=O)N(C(=O)OCC1c2ccccc2-c2ccccc21)[C@H](CP(=S)(c1ccccc1)c1ccccc1)C(=O)N[C@@H](C)C(=O)N[C@@H](C)C(=O)N(C(=O)OCC1c2ccccc2-c2ccccc21)[C@@H](CP(=S)(C1CCCCC1)C1CCCCC1)C(=O)N[C@@H](C)C(=O)N[C@@H](C)C(=O)NC(C)(C)C(=O)N[C@@H](C)C(N)=O)C(C)C. The molecule has 0 saturated heterocycles. The number of nitrogens with one attached hydrogen (secondary N) is 10. The molecule has 30 nitrogen and oxygen atoms in total. The number of benzene rings is 6. The lowest BCUT2D eigenvalue weighted by atomic mass is 9.98. The van der Waals surface area contributed by atoms with E-state index < -0.39 is 203 Å². The molecule has 0 radical (unpaired) electrons. The first-order valence-electron chi connectivity index (χ1n) is 44.5. The molecule has 4 aliphatic carbocycles. The largest absolute Gasteiger partial charge is 0.448 e. The molecule has 0 unspecified atom stereocenters. The van der Waals surface area contributed by atoms with Gasteiger partial charge in [0.25, 0.3) is 11.8 Å². The lowest BCUT2D eigenvalue weighted by molar-refractivity contribution is -0.144. The third-order valence-electron chi connectivity index (χ3n) is 24.9. The van der Waals surface area contributed by atoms with Gasteiger partial charge in [-0.2, -0.15) is 0 Å². The number of hydrogen-bond acceptors (Lipinski definition) is 19. The number of amides is 15. The molecule has 0 aliphatic heterocycles. The van der Waals surface area contributed by atoms with Crippen LogP contribution in [0, 0.1) is 5.92 Å². The van der Waals surface area contributed by atoms with E-state index >= 15 is 33.6 Å². The van der Waals surface area contributed by atoms with Crippen molar-refractivity contribution in [3.05, 3.63) is 180 Å². The predicted octanol–water partition coefficient (Wildman–Crippen LogP) is 8.52. The molecule has 10 rings (SSSR count). The van der Waals surface area contributed by atoms with Crippen LogP contribution in [-0.4, -0.2) is 207 Å². The summed E-state index contributed by atoms with van der Waals surface area (Å²) in [6.45, 7) is 18.4. The minimum atomic E-state index is -3.52. The Morgan fingerprint density at radius 1 is 0.385 bits per heavy atom. The number of rotatable bonds is 37. The fourth-order valence-corrected chi connectivity index (χ4v) is 27.6. The monoisotopic (exact) mass is 1860 g/mol. The predicted molar refractivity (Wildman–Crippen MR) is 505 cm³/mol. The molecule has 0 heterocycles. The summed E-state index contributed by atoms with van der Waals surface area (Å²) in [6.07, 6.45) is 4.68. The van der Waals surface area contributed by atoms with E-state index in [2.05, 4.69) is 53.2 Å². The second kappa shape index (κ2) is 44.1. The van der Waals surface area contributed by atoms with Crippen molar-refractivity contribution in [3.8, 4) is 22.3 Å². The van der Waals surface area contributed by atoms with E-state index in [0.29, 0.717) is 46.1 Å². The van der Waals surface area contributed by atoms with Gasteiger partial charge in [0.05, 0.1) is 0 Å². The highest BCUT2D eigenvalue weighted by atomic mass is 32.4. The summed E-state index contributed by atoms with van der Waals surface area (Å²) in [6, 6.07) is 25.9. The number of primary amides is 1. The molecule has 0 spiro atoms. The molecule has 0 aromatic heterocycles. The smallest absolute Gasteiger partial charge is 0.417 e. The van der Waals surface area contributed by atoms with Crippen molar-refractivity contribution in [2.24, 2.45) is 11.7 Å². The van der Waals surface area contributed by atoms with E-state index in [1.54, 1.807) is 74.5 Å². The summed E-state index contributed by atoms with van der Waals surface area (Å²) < 4.78 is 12.8. The molecule has 6 aromatic carbocycles. The molecule has 130 heavy (non-hydrogen) atoms. The van der Waals surface area contributed by atoms with Gasteiger partial charge < -0.3 is 68.4 Å². The van der Waals surface area contributed by atoms with Gasteiger partial charge in [-0.15, -0.1) is 0 Å². The molecule has 6 aromatic rings. The third kappa shape index (κ3) is 24.1. The average molecular weight is 1860 g/mol. The maximum Gasteiger partial charge on any atom is 0.417 e.